The number of rotatable bonds is 5. The number of nitriles is 1. The number of likely N-dealkylation sites (tertiary alicyclic amines) is 1. The van der Waals surface area contributed by atoms with Crippen molar-refractivity contribution in [2.45, 2.75) is 25.3 Å². The van der Waals surface area contributed by atoms with E-state index in [1.54, 1.807) is 11.9 Å². The molecule has 1 saturated heterocycles. The van der Waals surface area contributed by atoms with Crippen molar-refractivity contribution in [3.05, 3.63) is 0 Å². The summed E-state index contributed by atoms with van der Waals surface area (Å²) < 4.78 is 0. The van der Waals surface area contributed by atoms with E-state index in [9.17, 15) is 4.79 Å². The van der Waals surface area contributed by atoms with Gasteiger partial charge in [-0.2, -0.15) is 5.26 Å². The van der Waals surface area contributed by atoms with Crippen LogP contribution in [-0.4, -0.2) is 74.0 Å². The van der Waals surface area contributed by atoms with E-state index in [4.69, 9.17) is 5.26 Å². The number of amides is 1. The zero-order chi connectivity index (χ0) is 13.5. The first-order chi connectivity index (χ1) is 8.54. The Labute approximate surface area is 110 Å². The maximum Gasteiger partial charge on any atom is 0.236 e. The van der Waals surface area contributed by atoms with Crippen molar-refractivity contribution in [1.82, 2.24) is 14.7 Å². The molecule has 102 valence electrons. The summed E-state index contributed by atoms with van der Waals surface area (Å²) in [4.78, 5) is 18.0. The summed E-state index contributed by atoms with van der Waals surface area (Å²) in [5, 5.41) is 8.51. The van der Waals surface area contributed by atoms with E-state index in [-0.39, 0.29) is 5.91 Å². The highest BCUT2D eigenvalue weighted by Crippen LogP contribution is 2.13. The maximum absolute atomic E-state index is 11.9. The predicted octanol–water partition coefficient (Wildman–Crippen LogP) is 0.384. The first-order valence-electron chi connectivity index (χ1n) is 6.54. The Bertz CT molecular complexity index is 313. The third kappa shape index (κ3) is 4.63. The van der Waals surface area contributed by atoms with Crippen LogP contribution in [0.2, 0.25) is 0 Å². The van der Waals surface area contributed by atoms with Gasteiger partial charge in [0.15, 0.2) is 0 Å². The fourth-order valence-electron chi connectivity index (χ4n) is 2.30. The van der Waals surface area contributed by atoms with Crippen LogP contribution < -0.4 is 0 Å². The van der Waals surface area contributed by atoms with Gasteiger partial charge in [0.05, 0.1) is 19.0 Å². The lowest BCUT2D eigenvalue weighted by molar-refractivity contribution is -0.131. The minimum atomic E-state index is 0.0981. The second-order valence-corrected chi connectivity index (χ2v) is 5.20. The van der Waals surface area contributed by atoms with Gasteiger partial charge in [0, 0.05) is 26.2 Å². The normalized spacial score (nSPS) is 20.7. The largest absolute Gasteiger partial charge is 0.344 e. The Kier molecular flexibility index (Phi) is 6.10. The molecule has 0 N–H and O–H groups in total. The molecule has 1 aliphatic heterocycles. The fourth-order valence-corrected chi connectivity index (χ4v) is 2.30. The van der Waals surface area contributed by atoms with Crippen molar-refractivity contribution in [1.29, 1.82) is 5.26 Å². The SMILES string of the molecule is CN1CCCC(N(C)CC(=O)N(C)CCC#N)C1. The number of hydrogen-bond acceptors (Lipinski definition) is 4. The van der Waals surface area contributed by atoms with Gasteiger partial charge in [0.25, 0.3) is 0 Å². The van der Waals surface area contributed by atoms with E-state index in [0.717, 1.165) is 19.5 Å². The lowest BCUT2D eigenvalue weighted by Gasteiger charge is -2.36. The Morgan fingerprint density at radius 1 is 1.50 bits per heavy atom. The van der Waals surface area contributed by atoms with Gasteiger partial charge in [-0.25, -0.2) is 0 Å². The number of carbonyl (C=O) groups excluding carboxylic acids is 1. The summed E-state index contributed by atoms with van der Waals surface area (Å²) in [5.41, 5.74) is 0. The number of piperidine rings is 1. The summed E-state index contributed by atoms with van der Waals surface area (Å²) in [5.74, 6) is 0.0981. The Hall–Kier alpha value is -1.12. The van der Waals surface area contributed by atoms with Crippen LogP contribution >= 0.6 is 0 Å². The molecule has 0 saturated carbocycles. The number of nitrogens with zero attached hydrogens (tertiary/aromatic N) is 4. The summed E-state index contributed by atoms with van der Waals surface area (Å²) in [6.07, 6.45) is 2.76. The molecule has 0 aromatic heterocycles. The van der Waals surface area contributed by atoms with Gasteiger partial charge in [-0.15, -0.1) is 0 Å². The molecular weight excluding hydrogens is 228 g/mol. The zero-order valence-electron chi connectivity index (χ0n) is 11.7. The molecule has 5 heteroatoms. The van der Waals surface area contributed by atoms with Crippen molar-refractivity contribution in [3.63, 3.8) is 0 Å². The van der Waals surface area contributed by atoms with Crippen LogP contribution in [0, 0.1) is 11.3 Å². The molecule has 0 aromatic rings. The molecule has 1 amide bonds. The van der Waals surface area contributed by atoms with E-state index in [2.05, 4.69) is 22.9 Å². The molecule has 1 heterocycles. The molecule has 1 unspecified atom stereocenters. The average Bonchev–Trinajstić information content (AvgIpc) is 2.35. The van der Waals surface area contributed by atoms with Gasteiger partial charge in [0.2, 0.25) is 5.91 Å². The molecule has 0 bridgehead atoms. The predicted molar refractivity (Wildman–Crippen MR) is 71.0 cm³/mol. The quantitative estimate of drug-likeness (QED) is 0.710. The second-order valence-electron chi connectivity index (χ2n) is 5.20. The van der Waals surface area contributed by atoms with E-state index in [0.29, 0.717) is 25.6 Å². The Morgan fingerprint density at radius 3 is 2.83 bits per heavy atom. The third-order valence-electron chi connectivity index (χ3n) is 3.59. The molecule has 18 heavy (non-hydrogen) atoms. The molecule has 0 aliphatic carbocycles. The first kappa shape index (κ1) is 14.9. The highest BCUT2D eigenvalue weighted by atomic mass is 16.2. The number of likely N-dealkylation sites (N-methyl/N-ethyl adjacent to an activating group) is 3. The zero-order valence-corrected chi connectivity index (χ0v) is 11.7. The van der Waals surface area contributed by atoms with Crippen molar-refractivity contribution in [3.8, 4) is 6.07 Å². The van der Waals surface area contributed by atoms with Gasteiger partial charge >= 0.3 is 0 Å². The second kappa shape index (κ2) is 7.34. The Morgan fingerprint density at radius 2 is 2.22 bits per heavy atom. The highest BCUT2D eigenvalue weighted by molar-refractivity contribution is 5.78. The topological polar surface area (TPSA) is 50.6 Å². The van der Waals surface area contributed by atoms with Crippen LogP contribution in [0.4, 0.5) is 0 Å². The van der Waals surface area contributed by atoms with E-state index in [1.165, 1.54) is 6.42 Å². The molecule has 5 nitrogen and oxygen atoms in total. The van der Waals surface area contributed by atoms with Crippen LogP contribution in [0.3, 0.4) is 0 Å². The van der Waals surface area contributed by atoms with Gasteiger partial charge < -0.3 is 9.80 Å². The lowest BCUT2D eigenvalue weighted by atomic mass is 10.1. The number of hydrogen-bond donors (Lipinski definition) is 0. The maximum atomic E-state index is 11.9. The van der Waals surface area contributed by atoms with Crippen LogP contribution in [0.1, 0.15) is 19.3 Å². The molecule has 1 atom stereocenters. The van der Waals surface area contributed by atoms with Gasteiger partial charge in [0.1, 0.15) is 0 Å². The smallest absolute Gasteiger partial charge is 0.236 e. The van der Waals surface area contributed by atoms with Gasteiger partial charge in [-0.05, 0) is 33.5 Å². The van der Waals surface area contributed by atoms with Crippen LogP contribution in [0.25, 0.3) is 0 Å². The molecule has 0 radical (unpaired) electrons. The molecule has 1 rings (SSSR count). The summed E-state index contributed by atoms with van der Waals surface area (Å²) >= 11 is 0. The van der Waals surface area contributed by atoms with Crippen molar-refractivity contribution in [2.75, 3.05) is 47.3 Å². The van der Waals surface area contributed by atoms with Crippen LogP contribution in [0.15, 0.2) is 0 Å². The van der Waals surface area contributed by atoms with Gasteiger partial charge in [-0.1, -0.05) is 0 Å². The van der Waals surface area contributed by atoms with Crippen molar-refractivity contribution < 1.29 is 4.79 Å². The summed E-state index contributed by atoms with van der Waals surface area (Å²) in [7, 11) is 5.90. The Balaban J connectivity index is 2.36. The molecular formula is C13H24N4O. The molecule has 0 spiro atoms. The fraction of sp³-hybridized carbons (Fsp3) is 0.846. The monoisotopic (exact) mass is 252 g/mol. The van der Waals surface area contributed by atoms with Crippen molar-refractivity contribution >= 4 is 5.91 Å². The first-order valence-corrected chi connectivity index (χ1v) is 6.54. The van der Waals surface area contributed by atoms with E-state index in [1.807, 2.05) is 7.05 Å². The summed E-state index contributed by atoms with van der Waals surface area (Å²) in [6.45, 7) is 3.15. The highest BCUT2D eigenvalue weighted by Gasteiger charge is 2.23. The van der Waals surface area contributed by atoms with Crippen LogP contribution in [0.5, 0.6) is 0 Å². The third-order valence-corrected chi connectivity index (χ3v) is 3.59. The van der Waals surface area contributed by atoms with Crippen LogP contribution in [-0.2, 0) is 4.79 Å². The van der Waals surface area contributed by atoms with Gasteiger partial charge in [-0.3, -0.25) is 9.69 Å². The summed E-state index contributed by atoms with van der Waals surface area (Å²) in [6, 6.07) is 2.53. The number of carbonyl (C=O) groups is 1. The van der Waals surface area contributed by atoms with E-state index >= 15 is 0 Å². The molecule has 0 aromatic carbocycles. The minimum Gasteiger partial charge on any atom is -0.344 e. The standard InChI is InChI=1S/C13H24N4O/c1-15-8-4-6-12(10-15)17(3)11-13(18)16(2)9-5-7-14/h12H,4-6,8-11H2,1-3H3. The van der Waals surface area contributed by atoms with E-state index < -0.39 is 0 Å². The molecule has 1 aliphatic rings. The van der Waals surface area contributed by atoms with Crippen molar-refractivity contribution in [2.24, 2.45) is 0 Å². The lowest BCUT2D eigenvalue weighted by Crippen LogP contribution is -2.48. The average molecular weight is 252 g/mol. The molecule has 1 fully saturated rings. The minimum absolute atomic E-state index is 0.0981.